The van der Waals surface area contributed by atoms with Crippen LogP contribution in [0.2, 0.25) is 0 Å². The largest absolute Gasteiger partial charge is 0.478 e. The van der Waals surface area contributed by atoms with Crippen LogP contribution >= 0.6 is 0 Å². The highest BCUT2D eigenvalue weighted by Crippen LogP contribution is 2.30. The summed E-state index contributed by atoms with van der Waals surface area (Å²) in [6.45, 7) is 5.37. The maximum absolute atomic E-state index is 11.8. The second-order valence-electron chi connectivity index (χ2n) is 6.53. The number of nitrogens with zero attached hydrogens (tertiary/aromatic N) is 3. The summed E-state index contributed by atoms with van der Waals surface area (Å²) in [7, 11) is 0. The van der Waals surface area contributed by atoms with Crippen LogP contribution in [0, 0.1) is 6.92 Å². The van der Waals surface area contributed by atoms with E-state index in [2.05, 4.69) is 10.3 Å². The normalized spacial score (nSPS) is 11.0. The molecule has 3 aromatic rings. The predicted octanol–water partition coefficient (Wildman–Crippen LogP) is 3.76. The van der Waals surface area contributed by atoms with Crippen LogP contribution in [0.15, 0.2) is 42.5 Å². The summed E-state index contributed by atoms with van der Waals surface area (Å²) in [5.74, 6) is -2.39. The van der Waals surface area contributed by atoms with Gasteiger partial charge in [0.25, 0.3) is 0 Å². The molecule has 0 spiro atoms. The molecule has 0 aliphatic carbocycles. The van der Waals surface area contributed by atoms with E-state index in [9.17, 15) is 19.8 Å². The number of carboxylic acids is 2. The van der Waals surface area contributed by atoms with Gasteiger partial charge in [-0.3, -0.25) is 0 Å². The maximum Gasteiger partial charge on any atom is 0.358 e. The van der Waals surface area contributed by atoms with Gasteiger partial charge in [0.2, 0.25) is 0 Å². The molecule has 7 nitrogen and oxygen atoms in total. The summed E-state index contributed by atoms with van der Waals surface area (Å²) in [5.41, 5.74) is 2.97. The van der Waals surface area contributed by atoms with Crippen molar-refractivity contribution in [2.45, 2.75) is 26.7 Å². The van der Waals surface area contributed by atoms with Gasteiger partial charge in [-0.05, 0) is 41.7 Å². The van der Waals surface area contributed by atoms with Crippen molar-refractivity contribution in [2.24, 2.45) is 0 Å². The SMILES string of the molecule is Cc1c(C(=O)O)cc(-c2ccccc2)cc1-n1nnc(C(=O)O)c1C(C)C. The molecule has 1 heterocycles. The number of rotatable bonds is 5. The molecule has 0 amide bonds. The highest BCUT2D eigenvalue weighted by molar-refractivity contribution is 5.93. The number of aromatic nitrogens is 3. The summed E-state index contributed by atoms with van der Waals surface area (Å²) < 4.78 is 1.43. The Morgan fingerprint density at radius 1 is 1.00 bits per heavy atom. The average molecular weight is 365 g/mol. The summed E-state index contributed by atoms with van der Waals surface area (Å²) in [4.78, 5) is 23.3. The Hall–Kier alpha value is -3.48. The lowest BCUT2D eigenvalue weighted by Crippen LogP contribution is -2.12. The number of carboxylic acid groups (broad SMARTS) is 2. The lowest BCUT2D eigenvalue weighted by molar-refractivity contribution is 0.0680. The summed E-state index contributed by atoms with van der Waals surface area (Å²) in [5, 5.41) is 26.9. The Kier molecular flexibility index (Phi) is 4.77. The van der Waals surface area contributed by atoms with Crippen LogP contribution in [0.5, 0.6) is 0 Å². The summed E-state index contributed by atoms with van der Waals surface area (Å²) in [6.07, 6.45) is 0. The number of carbonyl (C=O) groups is 2. The van der Waals surface area contributed by atoms with Gasteiger partial charge < -0.3 is 10.2 Å². The molecular formula is C20H19N3O4. The molecule has 0 aliphatic heterocycles. The van der Waals surface area contributed by atoms with Crippen molar-refractivity contribution in [2.75, 3.05) is 0 Å². The van der Waals surface area contributed by atoms with Crippen LogP contribution in [-0.4, -0.2) is 37.1 Å². The molecule has 1 aromatic heterocycles. The van der Waals surface area contributed by atoms with Crippen LogP contribution in [0.1, 0.15) is 51.9 Å². The first-order valence-electron chi connectivity index (χ1n) is 8.44. The van der Waals surface area contributed by atoms with E-state index in [1.165, 1.54) is 4.68 Å². The summed E-state index contributed by atoms with van der Waals surface area (Å²) in [6, 6.07) is 12.8. The van der Waals surface area contributed by atoms with Gasteiger partial charge in [-0.15, -0.1) is 5.10 Å². The van der Waals surface area contributed by atoms with Crippen molar-refractivity contribution in [1.82, 2.24) is 15.0 Å². The van der Waals surface area contributed by atoms with E-state index in [0.717, 1.165) is 5.56 Å². The smallest absolute Gasteiger partial charge is 0.358 e. The van der Waals surface area contributed by atoms with E-state index in [-0.39, 0.29) is 17.2 Å². The minimum atomic E-state index is -1.17. The Morgan fingerprint density at radius 2 is 1.67 bits per heavy atom. The second kappa shape index (κ2) is 7.03. The third-order valence-corrected chi connectivity index (χ3v) is 4.40. The van der Waals surface area contributed by atoms with E-state index in [1.54, 1.807) is 13.0 Å². The second-order valence-corrected chi connectivity index (χ2v) is 6.53. The molecule has 0 atom stereocenters. The number of hydrogen-bond donors (Lipinski definition) is 2. The van der Waals surface area contributed by atoms with Crippen molar-refractivity contribution in [3.63, 3.8) is 0 Å². The zero-order valence-electron chi connectivity index (χ0n) is 15.2. The van der Waals surface area contributed by atoms with Gasteiger partial charge >= 0.3 is 11.9 Å². The number of benzene rings is 2. The zero-order chi connectivity index (χ0) is 19.7. The van der Waals surface area contributed by atoms with Gasteiger partial charge in [0.05, 0.1) is 16.9 Å². The van der Waals surface area contributed by atoms with E-state index < -0.39 is 11.9 Å². The van der Waals surface area contributed by atoms with Crippen LogP contribution in [0.4, 0.5) is 0 Å². The third kappa shape index (κ3) is 3.31. The Morgan fingerprint density at radius 3 is 2.22 bits per heavy atom. The Bertz CT molecular complexity index is 1020. The molecule has 3 rings (SSSR count). The minimum Gasteiger partial charge on any atom is -0.478 e. The minimum absolute atomic E-state index is 0.133. The monoisotopic (exact) mass is 365 g/mol. The van der Waals surface area contributed by atoms with Crippen molar-refractivity contribution in [3.8, 4) is 16.8 Å². The number of aromatic carboxylic acids is 2. The quantitative estimate of drug-likeness (QED) is 0.713. The van der Waals surface area contributed by atoms with Gasteiger partial charge in [0, 0.05) is 0 Å². The van der Waals surface area contributed by atoms with Crippen LogP contribution in [0.3, 0.4) is 0 Å². The van der Waals surface area contributed by atoms with E-state index >= 15 is 0 Å². The van der Waals surface area contributed by atoms with Gasteiger partial charge in [-0.1, -0.05) is 49.4 Å². The zero-order valence-corrected chi connectivity index (χ0v) is 15.2. The summed E-state index contributed by atoms with van der Waals surface area (Å²) >= 11 is 0. The average Bonchev–Trinajstić information content (AvgIpc) is 3.08. The van der Waals surface area contributed by atoms with Gasteiger partial charge in [-0.25, -0.2) is 14.3 Å². The van der Waals surface area contributed by atoms with Crippen molar-refractivity contribution in [3.05, 3.63) is 65.0 Å². The molecule has 138 valence electrons. The van der Waals surface area contributed by atoms with E-state index in [4.69, 9.17) is 0 Å². The van der Waals surface area contributed by atoms with Crippen molar-refractivity contribution >= 4 is 11.9 Å². The van der Waals surface area contributed by atoms with E-state index in [0.29, 0.717) is 22.5 Å². The van der Waals surface area contributed by atoms with Crippen LogP contribution in [0.25, 0.3) is 16.8 Å². The van der Waals surface area contributed by atoms with Crippen molar-refractivity contribution in [1.29, 1.82) is 0 Å². The first-order valence-corrected chi connectivity index (χ1v) is 8.44. The molecule has 2 N–H and O–H groups in total. The van der Waals surface area contributed by atoms with Crippen LogP contribution in [-0.2, 0) is 0 Å². The van der Waals surface area contributed by atoms with Gasteiger partial charge in [0.15, 0.2) is 5.69 Å². The topological polar surface area (TPSA) is 105 Å². The molecule has 0 fully saturated rings. The third-order valence-electron chi connectivity index (χ3n) is 4.40. The van der Waals surface area contributed by atoms with Gasteiger partial charge in [-0.2, -0.15) is 0 Å². The van der Waals surface area contributed by atoms with Gasteiger partial charge in [0.1, 0.15) is 0 Å². The Balaban J connectivity index is 2.32. The molecule has 27 heavy (non-hydrogen) atoms. The van der Waals surface area contributed by atoms with Crippen LogP contribution < -0.4 is 0 Å². The molecule has 0 aliphatic rings. The fraction of sp³-hybridized carbons (Fsp3) is 0.200. The highest BCUT2D eigenvalue weighted by atomic mass is 16.4. The predicted molar refractivity (Wildman–Crippen MR) is 99.5 cm³/mol. The number of hydrogen-bond acceptors (Lipinski definition) is 4. The van der Waals surface area contributed by atoms with E-state index in [1.807, 2.05) is 50.2 Å². The first kappa shape index (κ1) is 18.3. The Labute approximate surface area is 155 Å². The lowest BCUT2D eigenvalue weighted by atomic mass is 9.97. The molecule has 0 saturated carbocycles. The maximum atomic E-state index is 11.8. The fourth-order valence-corrected chi connectivity index (χ4v) is 3.08. The molecule has 0 radical (unpaired) electrons. The standard InChI is InChI=1S/C20H19N3O4/c1-11(2)18-17(20(26)27)21-22-23(18)16-10-14(13-7-5-4-6-8-13)9-15(12(16)3)19(24)25/h4-11H,1-3H3,(H,24,25)(H,26,27). The first-order chi connectivity index (χ1) is 12.8. The molecule has 2 aromatic carbocycles. The lowest BCUT2D eigenvalue weighted by Gasteiger charge is -2.16. The highest BCUT2D eigenvalue weighted by Gasteiger charge is 2.25. The molecular weight excluding hydrogens is 346 g/mol. The molecule has 0 unspecified atom stereocenters. The molecule has 0 saturated heterocycles. The molecule has 7 heteroatoms. The fourth-order valence-electron chi connectivity index (χ4n) is 3.08. The van der Waals surface area contributed by atoms with Crippen molar-refractivity contribution < 1.29 is 19.8 Å². The molecule has 0 bridgehead atoms.